The van der Waals surface area contributed by atoms with E-state index in [2.05, 4.69) is 0 Å². The number of carbonyl (C=O) groups excluding carboxylic acids is 2. The lowest BCUT2D eigenvalue weighted by molar-refractivity contribution is -0.112. The van der Waals surface area contributed by atoms with Crippen molar-refractivity contribution in [2.45, 2.75) is 59.1 Å². The minimum absolute atomic E-state index is 0.371. The van der Waals surface area contributed by atoms with Gasteiger partial charge in [0.2, 0.25) is 0 Å². The van der Waals surface area contributed by atoms with Crippen molar-refractivity contribution in [3.63, 3.8) is 0 Å². The maximum Gasteiger partial charge on any atom is 0.410 e. The van der Waals surface area contributed by atoms with Crippen LogP contribution in [0.4, 0.5) is 4.79 Å². The summed E-state index contributed by atoms with van der Waals surface area (Å²) in [6.07, 6.45) is 1.94. The first-order chi connectivity index (χ1) is 7.35. The molecule has 0 fully saturated rings. The van der Waals surface area contributed by atoms with Crippen LogP contribution >= 0.6 is 0 Å². The molecule has 0 aromatic heterocycles. The average molecular weight is 229 g/mol. The van der Waals surface area contributed by atoms with Crippen molar-refractivity contribution in [2.24, 2.45) is 0 Å². The molecule has 0 aliphatic carbocycles. The van der Waals surface area contributed by atoms with E-state index in [0.29, 0.717) is 13.0 Å². The lowest BCUT2D eigenvalue weighted by Gasteiger charge is -2.29. The van der Waals surface area contributed by atoms with Gasteiger partial charge in [0.15, 0.2) is 0 Å². The molecule has 0 aliphatic heterocycles. The Morgan fingerprint density at radius 1 is 1.38 bits per heavy atom. The van der Waals surface area contributed by atoms with E-state index in [4.69, 9.17) is 4.74 Å². The molecule has 0 rings (SSSR count). The van der Waals surface area contributed by atoms with E-state index in [1.54, 1.807) is 0 Å². The number of aldehydes is 1. The van der Waals surface area contributed by atoms with Gasteiger partial charge in [-0.1, -0.05) is 13.3 Å². The van der Waals surface area contributed by atoms with Crippen LogP contribution in [0.25, 0.3) is 0 Å². The molecule has 1 unspecified atom stereocenters. The van der Waals surface area contributed by atoms with Gasteiger partial charge in [-0.25, -0.2) is 4.79 Å². The number of rotatable bonds is 5. The second kappa shape index (κ2) is 6.51. The Kier molecular flexibility index (Phi) is 6.08. The molecule has 0 N–H and O–H groups in total. The number of likely N-dealkylation sites (N-methyl/N-ethyl adjacent to an activating group) is 1. The zero-order valence-corrected chi connectivity index (χ0v) is 10.9. The summed E-state index contributed by atoms with van der Waals surface area (Å²) < 4.78 is 5.25. The van der Waals surface area contributed by atoms with E-state index in [9.17, 15) is 9.59 Å². The maximum absolute atomic E-state index is 11.8. The predicted octanol–water partition coefficient (Wildman–Crippen LogP) is 2.61. The van der Waals surface area contributed by atoms with Gasteiger partial charge >= 0.3 is 6.09 Å². The summed E-state index contributed by atoms with van der Waals surface area (Å²) in [5, 5.41) is 0. The van der Waals surface area contributed by atoms with E-state index in [1.165, 1.54) is 4.90 Å². The van der Waals surface area contributed by atoms with Gasteiger partial charge in [0, 0.05) is 6.54 Å². The molecule has 0 saturated carbocycles. The SMILES string of the molecule is CCCC(C=O)N(CC)C(=O)OC(C)(C)C. The van der Waals surface area contributed by atoms with Crippen LogP contribution in [0.1, 0.15) is 47.5 Å². The molecule has 0 spiro atoms. The molecule has 0 saturated heterocycles. The van der Waals surface area contributed by atoms with Crippen LogP contribution in [0.15, 0.2) is 0 Å². The highest BCUT2D eigenvalue weighted by molar-refractivity contribution is 5.73. The van der Waals surface area contributed by atoms with E-state index < -0.39 is 11.7 Å². The summed E-state index contributed by atoms with van der Waals surface area (Å²) in [6.45, 7) is 9.76. The lowest BCUT2D eigenvalue weighted by atomic mass is 10.1. The third-order valence-electron chi connectivity index (χ3n) is 2.11. The van der Waals surface area contributed by atoms with E-state index in [-0.39, 0.29) is 6.04 Å². The Hall–Kier alpha value is -1.06. The van der Waals surface area contributed by atoms with Crippen LogP contribution in [0.5, 0.6) is 0 Å². The van der Waals surface area contributed by atoms with Crippen molar-refractivity contribution in [3.05, 3.63) is 0 Å². The summed E-state index contributed by atoms with van der Waals surface area (Å²) in [6, 6.07) is -0.371. The van der Waals surface area contributed by atoms with Crippen molar-refractivity contribution in [2.75, 3.05) is 6.54 Å². The Bertz CT molecular complexity index is 233. The molecule has 0 aliphatic rings. The fourth-order valence-electron chi connectivity index (χ4n) is 1.41. The minimum atomic E-state index is -0.524. The highest BCUT2D eigenvalue weighted by Crippen LogP contribution is 2.13. The van der Waals surface area contributed by atoms with Crippen molar-refractivity contribution < 1.29 is 14.3 Å². The van der Waals surface area contributed by atoms with Gasteiger partial charge in [-0.15, -0.1) is 0 Å². The van der Waals surface area contributed by atoms with Crippen LogP contribution in [-0.2, 0) is 9.53 Å². The molecule has 1 atom stereocenters. The van der Waals surface area contributed by atoms with Crippen LogP contribution in [0, 0.1) is 0 Å². The third-order valence-corrected chi connectivity index (χ3v) is 2.11. The molecular formula is C12H23NO3. The predicted molar refractivity (Wildman–Crippen MR) is 63.4 cm³/mol. The smallest absolute Gasteiger partial charge is 0.410 e. The summed E-state index contributed by atoms with van der Waals surface area (Å²) in [7, 11) is 0. The molecule has 4 heteroatoms. The summed E-state index contributed by atoms with van der Waals surface area (Å²) in [5.74, 6) is 0. The summed E-state index contributed by atoms with van der Waals surface area (Å²) in [5.41, 5.74) is -0.524. The number of amides is 1. The minimum Gasteiger partial charge on any atom is -0.444 e. The highest BCUT2D eigenvalue weighted by Gasteiger charge is 2.26. The quantitative estimate of drug-likeness (QED) is 0.681. The summed E-state index contributed by atoms with van der Waals surface area (Å²) in [4.78, 5) is 24.2. The lowest BCUT2D eigenvalue weighted by Crippen LogP contribution is -2.44. The second-order valence-electron chi connectivity index (χ2n) is 4.76. The van der Waals surface area contributed by atoms with Crippen LogP contribution < -0.4 is 0 Å². The first-order valence-electron chi connectivity index (χ1n) is 5.80. The van der Waals surface area contributed by atoms with Gasteiger partial charge in [-0.3, -0.25) is 4.90 Å². The molecular weight excluding hydrogens is 206 g/mol. The molecule has 4 nitrogen and oxygen atoms in total. The van der Waals surface area contributed by atoms with Crippen molar-refractivity contribution in [1.29, 1.82) is 0 Å². The monoisotopic (exact) mass is 229 g/mol. The van der Waals surface area contributed by atoms with Crippen molar-refractivity contribution in [3.8, 4) is 0 Å². The van der Waals surface area contributed by atoms with Crippen LogP contribution in [-0.4, -0.2) is 35.5 Å². The maximum atomic E-state index is 11.8. The Balaban J connectivity index is 4.57. The molecule has 0 radical (unpaired) electrons. The third kappa shape index (κ3) is 5.14. The number of ether oxygens (including phenoxy) is 1. The molecule has 94 valence electrons. The van der Waals surface area contributed by atoms with Gasteiger partial charge in [-0.2, -0.15) is 0 Å². The van der Waals surface area contributed by atoms with Gasteiger partial charge < -0.3 is 9.53 Å². The van der Waals surface area contributed by atoms with Gasteiger partial charge in [0.05, 0.1) is 6.04 Å². The van der Waals surface area contributed by atoms with Gasteiger partial charge in [0.1, 0.15) is 11.9 Å². The Labute approximate surface area is 98.0 Å². The zero-order chi connectivity index (χ0) is 12.8. The number of carbonyl (C=O) groups is 2. The zero-order valence-electron chi connectivity index (χ0n) is 10.9. The molecule has 0 heterocycles. The van der Waals surface area contributed by atoms with Crippen molar-refractivity contribution in [1.82, 2.24) is 4.90 Å². The van der Waals surface area contributed by atoms with Crippen molar-refractivity contribution >= 4 is 12.4 Å². The number of hydrogen-bond acceptors (Lipinski definition) is 3. The molecule has 16 heavy (non-hydrogen) atoms. The number of nitrogens with zero attached hydrogens (tertiary/aromatic N) is 1. The average Bonchev–Trinajstić information content (AvgIpc) is 2.14. The van der Waals surface area contributed by atoms with Gasteiger partial charge in [-0.05, 0) is 34.1 Å². The first kappa shape index (κ1) is 14.9. The molecule has 0 bridgehead atoms. The Morgan fingerprint density at radius 3 is 2.25 bits per heavy atom. The van der Waals surface area contributed by atoms with E-state index >= 15 is 0 Å². The second-order valence-corrected chi connectivity index (χ2v) is 4.76. The normalized spacial score (nSPS) is 13.1. The first-order valence-corrected chi connectivity index (χ1v) is 5.80. The standard InChI is InChI=1S/C12H23NO3/c1-6-8-10(9-14)13(7-2)11(15)16-12(3,4)5/h9-10H,6-8H2,1-5H3. The fourth-order valence-corrected chi connectivity index (χ4v) is 1.41. The number of hydrogen-bond donors (Lipinski definition) is 0. The fraction of sp³-hybridized carbons (Fsp3) is 0.833. The van der Waals surface area contributed by atoms with E-state index in [1.807, 2.05) is 34.6 Å². The van der Waals surface area contributed by atoms with Crippen LogP contribution in [0.2, 0.25) is 0 Å². The molecule has 1 amide bonds. The largest absolute Gasteiger partial charge is 0.444 e. The topological polar surface area (TPSA) is 46.6 Å². The Morgan fingerprint density at radius 2 is 1.94 bits per heavy atom. The van der Waals surface area contributed by atoms with Crippen LogP contribution in [0.3, 0.4) is 0 Å². The molecule has 0 aromatic rings. The van der Waals surface area contributed by atoms with Gasteiger partial charge in [0.25, 0.3) is 0 Å². The van der Waals surface area contributed by atoms with E-state index in [0.717, 1.165) is 12.7 Å². The summed E-state index contributed by atoms with van der Waals surface area (Å²) >= 11 is 0. The highest BCUT2D eigenvalue weighted by atomic mass is 16.6. The molecule has 0 aromatic carbocycles.